The number of Topliss-reactive ketones (excluding diaryl/α,β-unsaturated/α-hetero) is 1. The molecule has 0 saturated carbocycles. The van der Waals surface area contributed by atoms with Gasteiger partial charge in [-0.15, -0.1) is 0 Å². The van der Waals surface area contributed by atoms with E-state index in [0.717, 1.165) is 12.0 Å². The molecule has 0 aromatic rings. The van der Waals surface area contributed by atoms with E-state index in [4.69, 9.17) is 0 Å². The van der Waals surface area contributed by atoms with Crippen LogP contribution in [0.1, 0.15) is 19.8 Å². The molecule has 0 atom stereocenters. The lowest BCUT2D eigenvalue weighted by atomic mass is 10.0. The third-order valence-electron chi connectivity index (χ3n) is 2.47. The summed E-state index contributed by atoms with van der Waals surface area (Å²) in [5, 5.41) is 0. The lowest BCUT2D eigenvalue weighted by Gasteiger charge is -2.03. The van der Waals surface area contributed by atoms with Gasteiger partial charge in [-0.25, -0.2) is 0 Å². The van der Waals surface area contributed by atoms with Crippen molar-refractivity contribution in [1.29, 1.82) is 0 Å². The number of allylic oxidation sites excluding steroid dienone is 11. The molecule has 0 aliphatic heterocycles. The Labute approximate surface area is 103 Å². The standard InChI is InChI=1S/C16H18O/c1-3-5-12-15(4-2)16(17)13-14-10-8-6-7-9-11-14/h3-10,12H,2,11,13H2,1H3/b5-3-,15-12+. The number of hydrogen-bond donors (Lipinski definition) is 0. The van der Waals surface area contributed by atoms with Crippen LogP contribution < -0.4 is 0 Å². The number of carbonyl (C=O) groups is 1. The second-order valence-electron chi connectivity index (χ2n) is 3.79. The van der Waals surface area contributed by atoms with Gasteiger partial charge in [0.15, 0.2) is 5.78 Å². The quantitative estimate of drug-likeness (QED) is 0.510. The summed E-state index contributed by atoms with van der Waals surface area (Å²) in [5.74, 6) is 0.119. The molecule has 17 heavy (non-hydrogen) atoms. The number of hydrogen-bond acceptors (Lipinski definition) is 1. The number of ketones is 1. The Morgan fingerprint density at radius 2 is 2.24 bits per heavy atom. The third kappa shape index (κ3) is 4.64. The lowest BCUT2D eigenvalue weighted by molar-refractivity contribution is -0.114. The first kappa shape index (κ1) is 13.2. The molecule has 1 heteroatoms. The Bertz CT molecular complexity index is 428. The van der Waals surface area contributed by atoms with E-state index >= 15 is 0 Å². The molecule has 1 nitrogen and oxygen atoms in total. The fraction of sp³-hybridized carbons (Fsp3) is 0.188. The van der Waals surface area contributed by atoms with Crippen molar-refractivity contribution in [2.45, 2.75) is 19.8 Å². The first-order valence-corrected chi connectivity index (χ1v) is 5.77. The maximum absolute atomic E-state index is 12.0. The largest absolute Gasteiger partial charge is 0.294 e. The van der Waals surface area contributed by atoms with E-state index < -0.39 is 0 Å². The van der Waals surface area contributed by atoms with E-state index in [1.54, 1.807) is 12.2 Å². The summed E-state index contributed by atoms with van der Waals surface area (Å²) >= 11 is 0. The van der Waals surface area contributed by atoms with Crippen molar-refractivity contribution in [3.63, 3.8) is 0 Å². The monoisotopic (exact) mass is 226 g/mol. The molecule has 1 aliphatic carbocycles. The minimum absolute atomic E-state index is 0.119. The highest BCUT2D eigenvalue weighted by Gasteiger charge is 2.08. The summed E-state index contributed by atoms with van der Waals surface area (Å²) in [5.41, 5.74) is 1.80. The van der Waals surface area contributed by atoms with Crippen molar-refractivity contribution in [2.75, 3.05) is 0 Å². The summed E-state index contributed by atoms with van der Waals surface area (Å²) in [6, 6.07) is 0. The van der Waals surface area contributed by atoms with Crippen LogP contribution in [0.15, 0.2) is 72.4 Å². The van der Waals surface area contributed by atoms with E-state index in [2.05, 4.69) is 12.7 Å². The molecule has 0 N–H and O–H groups in total. The normalized spacial score (nSPS) is 15.8. The van der Waals surface area contributed by atoms with E-state index in [-0.39, 0.29) is 5.78 Å². The molecule has 0 aromatic heterocycles. The minimum Gasteiger partial charge on any atom is -0.294 e. The van der Waals surface area contributed by atoms with Crippen LogP contribution in [-0.4, -0.2) is 5.78 Å². The fourth-order valence-electron chi connectivity index (χ4n) is 1.54. The summed E-state index contributed by atoms with van der Waals surface area (Å²) in [4.78, 5) is 12.0. The molecule has 0 aromatic carbocycles. The molecule has 0 saturated heterocycles. The molecular weight excluding hydrogens is 208 g/mol. The summed E-state index contributed by atoms with van der Waals surface area (Å²) in [7, 11) is 0. The molecule has 0 spiro atoms. The van der Waals surface area contributed by atoms with Crippen LogP contribution >= 0.6 is 0 Å². The summed E-state index contributed by atoms with van der Waals surface area (Å²) in [6.07, 6.45) is 18.5. The zero-order valence-corrected chi connectivity index (χ0v) is 10.2. The second kappa shape index (κ2) is 7.39. The molecule has 0 bridgehead atoms. The molecule has 88 valence electrons. The van der Waals surface area contributed by atoms with Gasteiger partial charge < -0.3 is 0 Å². The van der Waals surface area contributed by atoms with Gasteiger partial charge in [-0.05, 0) is 13.3 Å². The van der Waals surface area contributed by atoms with Crippen LogP contribution in [0.25, 0.3) is 0 Å². The third-order valence-corrected chi connectivity index (χ3v) is 2.47. The van der Waals surface area contributed by atoms with Gasteiger partial charge >= 0.3 is 0 Å². The predicted octanol–water partition coefficient (Wildman–Crippen LogP) is 4.08. The van der Waals surface area contributed by atoms with Gasteiger partial charge in [-0.2, -0.15) is 0 Å². The Kier molecular flexibility index (Phi) is 5.73. The Hall–Kier alpha value is -1.89. The zero-order valence-electron chi connectivity index (χ0n) is 10.2. The van der Waals surface area contributed by atoms with Crippen molar-refractivity contribution in [1.82, 2.24) is 0 Å². The van der Waals surface area contributed by atoms with E-state index in [1.807, 2.05) is 43.4 Å². The molecule has 0 radical (unpaired) electrons. The van der Waals surface area contributed by atoms with Gasteiger partial charge in [0.25, 0.3) is 0 Å². The van der Waals surface area contributed by atoms with Crippen LogP contribution in [0.2, 0.25) is 0 Å². The number of carbonyl (C=O) groups excluding carboxylic acids is 1. The van der Waals surface area contributed by atoms with Crippen molar-refractivity contribution < 1.29 is 4.79 Å². The van der Waals surface area contributed by atoms with Crippen LogP contribution in [0.3, 0.4) is 0 Å². The van der Waals surface area contributed by atoms with Gasteiger partial charge in [0.05, 0.1) is 0 Å². The Morgan fingerprint density at radius 1 is 1.41 bits per heavy atom. The molecule has 0 unspecified atom stereocenters. The van der Waals surface area contributed by atoms with Crippen molar-refractivity contribution in [3.05, 3.63) is 72.4 Å². The topological polar surface area (TPSA) is 17.1 Å². The van der Waals surface area contributed by atoms with Gasteiger partial charge in [0.1, 0.15) is 0 Å². The first-order valence-electron chi connectivity index (χ1n) is 5.77. The maximum atomic E-state index is 12.0. The smallest absolute Gasteiger partial charge is 0.166 e. The molecule has 0 fully saturated rings. The van der Waals surface area contributed by atoms with Crippen LogP contribution in [0, 0.1) is 0 Å². The number of rotatable bonds is 5. The first-order chi connectivity index (χ1) is 8.27. The van der Waals surface area contributed by atoms with Crippen molar-refractivity contribution >= 4 is 5.78 Å². The Balaban J connectivity index is 2.71. The zero-order chi connectivity index (χ0) is 12.5. The lowest BCUT2D eigenvalue weighted by Crippen LogP contribution is -2.01. The van der Waals surface area contributed by atoms with Crippen molar-refractivity contribution in [2.24, 2.45) is 0 Å². The fourth-order valence-corrected chi connectivity index (χ4v) is 1.54. The van der Waals surface area contributed by atoms with Gasteiger partial charge in [-0.3, -0.25) is 4.79 Å². The maximum Gasteiger partial charge on any atom is 0.166 e. The van der Waals surface area contributed by atoms with Gasteiger partial charge in [0.2, 0.25) is 0 Å². The predicted molar refractivity (Wildman–Crippen MR) is 73.7 cm³/mol. The van der Waals surface area contributed by atoms with E-state index in [9.17, 15) is 4.79 Å². The highest BCUT2D eigenvalue weighted by molar-refractivity contribution is 5.99. The van der Waals surface area contributed by atoms with Crippen LogP contribution in [-0.2, 0) is 4.79 Å². The highest BCUT2D eigenvalue weighted by atomic mass is 16.1. The second-order valence-corrected chi connectivity index (χ2v) is 3.79. The van der Waals surface area contributed by atoms with Crippen LogP contribution in [0.5, 0.6) is 0 Å². The molecular formula is C16H18O. The Morgan fingerprint density at radius 3 is 2.94 bits per heavy atom. The summed E-state index contributed by atoms with van der Waals surface area (Å²) in [6.45, 7) is 5.60. The molecule has 1 aliphatic rings. The highest BCUT2D eigenvalue weighted by Crippen LogP contribution is 2.15. The average molecular weight is 226 g/mol. The van der Waals surface area contributed by atoms with Crippen molar-refractivity contribution in [3.8, 4) is 0 Å². The van der Waals surface area contributed by atoms with Crippen LogP contribution in [0.4, 0.5) is 0 Å². The van der Waals surface area contributed by atoms with Gasteiger partial charge in [0, 0.05) is 12.0 Å². The van der Waals surface area contributed by atoms with Gasteiger partial charge in [-0.1, -0.05) is 66.8 Å². The van der Waals surface area contributed by atoms with E-state index in [0.29, 0.717) is 12.0 Å². The minimum atomic E-state index is 0.119. The molecule has 1 rings (SSSR count). The average Bonchev–Trinajstić information content (AvgIpc) is 2.58. The summed E-state index contributed by atoms with van der Waals surface area (Å²) < 4.78 is 0. The van der Waals surface area contributed by atoms with E-state index in [1.165, 1.54) is 0 Å². The molecule has 0 heterocycles. The molecule has 0 amide bonds. The SMILES string of the molecule is C=C/C(=C\C=C/C)C(=O)CC1=CC=CC=CC1.